The van der Waals surface area contributed by atoms with Crippen LogP contribution in [0.1, 0.15) is 12.5 Å². The summed E-state index contributed by atoms with van der Waals surface area (Å²) in [5.74, 6) is -1.20. The average molecular weight is 441 g/mol. The smallest absolute Gasteiger partial charge is 0.349 e. The number of nitro groups is 1. The monoisotopic (exact) mass is 440 g/mol. The van der Waals surface area contributed by atoms with Gasteiger partial charge in [0.1, 0.15) is 11.5 Å². The van der Waals surface area contributed by atoms with Crippen LogP contribution >= 0.6 is 11.6 Å². The van der Waals surface area contributed by atoms with Crippen molar-refractivity contribution in [3.8, 4) is 5.75 Å². The number of nitrogens with zero attached hydrogens (tertiary/aromatic N) is 2. The number of benzene rings is 2. The molecule has 1 aliphatic heterocycles. The van der Waals surface area contributed by atoms with E-state index in [0.29, 0.717) is 0 Å². The zero-order valence-corrected chi connectivity index (χ0v) is 16.9. The highest BCUT2D eigenvalue weighted by molar-refractivity contribution is 7.92. The van der Waals surface area contributed by atoms with E-state index in [-0.39, 0.29) is 40.9 Å². The van der Waals surface area contributed by atoms with Crippen LogP contribution in [0, 0.1) is 10.1 Å². The second kappa shape index (κ2) is 8.26. The van der Waals surface area contributed by atoms with E-state index in [1.54, 1.807) is 6.92 Å². The molecule has 0 unspecified atom stereocenters. The van der Waals surface area contributed by atoms with Crippen LogP contribution in [0.5, 0.6) is 5.75 Å². The Morgan fingerprint density at radius 1 is 1.34 bits per heavy atom. The van der Waals surface area contributed by atoms with Gasteiger partial charge in [-0.1, -0.05) is 29.8 Å². The molecule has 0 aliphatic carbocycles. The Hall–Kier alpha value is -2.85. The summed E-state index contributed by atoms with van der Waals surface area (Å²) in [5, 5.41) is 11.5. The van der Waals surface area contributed by atoms with Crippen molar-refractivity contribution in [1.29, 1.82) is 0 Å². The van der Waals surface area contributed by atoms with E-state index in [2.05, 4.69) is 0 Å². The zero-order valence-electron chi connectivity index (χ0n) is 15.3. The summed E-state index contributed by atoms with van der Waals surface area (Å²) in [4.78, 5) is 22.8. The molecule has 1 heterocycles. The van der Waals surface area contributed by atoms with E-state index in [4.69, 9.17) is 21.1 Å². The summed E-state index contributed by atoms with van der Waals surface area (Å²) in [5.41, 5.74) is -0.130. The van der Waals surface area contributed by atoms with Crippen molar-refractivity contribution in [2.45, 2.75) is 18.8 Å². The fourth-order valence-corrected chi connectivity index (χ4v) is 4.70. The Morgan fingerprint density at radius 3 is 2.76 bits per heavy atom. The average Bonchev–Trinajstić information content (AvgIpc) is 2.67. The summed E-state index contributed by atoms with van der Waals surface area (Å²) < 4.78 is 37.9. The molecule has 29 heavy (non-hydrogen) atoms. The molecule has 1 atom stereocenters. The van der Waals surface area contributed by atoms with Gasteiger partial charge in [0.25, 0.3) is 5.69 Å². The molecule has 0 N–H and O–H groups in total. The maximum Gasteiger partial charge on any atom is 0.349 e. The molecule has 0 aromatic heterocycles. The van der Waals surface area contributed by atoms with Gasteiger partial charge in [-0.2, -0.15) is 0 Å². The maximum atomic E-state index is 13.2. The molecule has 0 bridgehead atoms. The number of ether oxygens (including phenoxy) is 2. The first-order valence-corrected chi connectivity index (χ1v) is 10.6. The number of fused-ring (bicyclic) bond motifs is 1. The highest BCUT2D eigenvalue weighted by atomic mass is 35.5. The zero-order chi connectivity index (χ0) is 21.2. The SMILES string of the molecule is CCOC(=O)[C@H]1CN(S(=O)(=O)Cc2ccccc2[N+](=O)[O-])c2cc(Cl)ccc2O1. The summed E-state index contributed by atoms with van der Waals surface area (Å²) in [7, 11) is -4.12. The van der Waals surface area contributed by atoms with Gasteiger partial charge in [0, 0.05) is 16.7 Å². The van der Waals surface area contributed by atoms with Crippen LogP contribution in [0.3, 0.4) is 0 Å². The van der Waals surface area contributed by atoms with Crippen molar-refractivity contribution in [2.24, 2.45) is 0 Å². The topological polar surface area (TPSA) is 116 Å². The number of para-hydroxylation sites is 1. The molecule has 2 aromatic rings. The number of hydrogen-bond acceptors (Lipinski definition) is 7. The van der Waals surface area contributed by atoms with Gasteiger partial charge in [-0.25, -0.2) is 13.2 Å². The van der Waals surface area contributed by atoms with Crippen LogP contribution in [-0.2, 0) is 25.3 Å². The number of carbonyl (C=O) groups excluding carboxylic acids is 1. The molecule has 11 heteroatoms. The van der Waals surface area contributed by atoms with Crippen LogP contribution in [0.2, 0.25) is 5.02 Å². The Morgan fingerprint density at radius 2 is 2.07 bits per heavy atom. The fraction of sp³-hybridized carbons (Fsp3) is 0.278. The Kier molecular flexibility index (Phi) is 5.94. The molecule has 0 saturated heterocycles. The molecular weight excluding hydrogens is 424 g/mol. The highest BCUT2D eigenvalue weighted by Gasteiger charge is 2.38. The van der Waals surface area contributed by atoms with Gasteiger partial charge >= 0.3 is 5.97 Å². The van der Waals surface area contributed by atoms with Gasteiger partial charge < -0.3 is 9.47 Å². The number of halogens is 1. The van der Waals surface area contributed by atoms with E-state index in [9.17, 15) is 23.3 Å². The third-order valence-electron chi connectivity index (χ3n) is 4.20. The predicted molar refractivity (Wildman–Crippen MR) is 106 cm³/mol. The third kappa shape index (κ3) is 4.43. The normalized spacial score (nSPS) is 15.9. The molecule has 1 aliphatic rings. The van der Waals surface area contributed by atoms with Crippen LogP contribution in [0.15, 0.2) is 42.5 Å². The standard InChI is InChI=1S/C18H17ClN2O7S/c1-2-27-18(22)17-10-20(15-9-13(19)7-8-16(15)28-17)29(25,26)11-12-5-3-4-6-14(12)21(23)24/h3-9,17H,2,10-11H2,1H3/t17-/m1/s1. The Bertz CT molecular complexity index is 1060. The number of carbonyl (C=O) groups is 1. The lowest BCUT2D eigenvalue weighted by Crippen LogP contribution is -2.48. The first-order chi connectivity index (χ1) is 13.7. The number of hydrogen-bond donors (Lipinski definition) is 0. The lowest BCUT2D eigenvalue weighted by molar-refractivity contribution is -0.385. The summed E-state index contributed by atoms with van der Waals surface area (Å²) in [6.45, 7) is 1.39. The van der Waals surface area contributed by atoms with Crippen molar-refractivity contribution in [1.82, 2.24) is 0 Å². The second-order valence-electron chi connectivity index (χ2n) is 6.14. The summed E-state index contributed by atoms with van der Waals surface area (Å²) >= 11 is 6.01. The van der Waals surface area contributed by atoms with Crippen LogP contribution in [0.4, 0.5) is 11.4 Å². The Balaban J connectivity index is 2.02. The largest absolute Gasteiger partial charge is 0.475 e. The van der Waals surface area contributed by atoms with Crippen LogP contribution in [-0.4, -0.2) is 38.6 Å². The quantitative estimate of drug-likeness (QED) is 0.385. The minimum atomic E-state index is -4.12. The third-order valence-corrected chi connectivity index (χ3v) is 6.13. The van der Waals surface area contributed by atoms with E-state index in [0.717, 1.165) is 4.31 Å². The van der Waals surface area contributed by atoms with Crippen molar-refractivity contribution >= 4 is 39.0 Å². The van der Waals surface area contributed by atoms with Crippen LogP contribution in [0.25, 0.3) is 0 Å². The first-order valence-electron chi connectivity index (χ1n) is 8.58. The second-order valence-corrected chi connectivity index (χ2v) is 8.47. The molecule has 0 spiro atoms. The first kappa shape index (κ1) is 20.9. The molecule has 0 radical (unpaired) electrons. The number of anilines is 1. The molecule has 0 amide bonds. The predicted octanol–water partition coefficient (Wildman–Crippen LogP) is 2.91. The van der Waals surface area contributed by atoms with Gasteiger partial charge in [0.2, 0.25) is 16.1 Å². The minimum Gasteiger partial charge on any atom is -0.475 e. The highest BCUT2D eigenvalue weighted by Crippen LogP contribution is 2.38. The van der Waals surface area contributed by atoms with E-state index in [1.165, 1.54) is 42.5 Å². The molecule has 154 valence electrons. The summed E-state index contributed by atoms with van der Waals surface area (Å²) in [6, 6.07) is 9.93. The van der Waals surface area contributed by atoms with Crippen molar-refractivity contribution < 1.29 is 27.6 Å². The van der Waals surface area contributed by atoms with Crippen molar-refractivity contribution in [3.63, 3.8) is 0 Å². The van der Waals surface area contributed by atoms with Gasteiger partial charge in [-0.3, -0.25) is 14.4 Å². The molecule has 2 aromatic carbocycles. The van der Waals surface area contributed by atoms with Crippen molar-refractivity contribution in [2.75, 3.05) is 17.5 Å². The molecule has 3 rings (SSSR count). The number of sulfonamides is 1. The number of rotatable bonds is 6. The van der Waals surface area contributed by atoms with Gasteiger partial charge in [0.15, 0.2) is 0 Å². The molecule has 0 saturated carbocycles. The Labute approximate surface area is 172 Å². The number of esters is 1. The molecule has 9 nitrogen and oxygen atoms in total. The number of nitro benzene ring substituents is 1. The van der Waals surface area contributed by atoms with Gasteiger partial charge in [-0.15, -0.1) is 0 Å². The lowest BCUT2D eigenvalue weighted by atomic mass is 10.2. The van der Waals surface area contributed by atoms with Gasteiger partial charge in [0.05, 0.1) is 23.8 Å². The maximum absolute atomic E-state index is 13.2. The van der Waals surface area contributed by atoms with Gasteiger partial charge in [-0.05, 0) is 25.1 Å². The summed E-state index contributed by atoms with van der Waals surface area (Å²) in [6.07, 6.45) is -1.18. The van der Waals surface area contributed by atoms with Crippen molar-refractivity contribution in [3.05, 3.63) is 63.2 Å². The minimum absolute atomic E-state index is 0.0280. The van der Waals surface area contributed by atoms with E-state index in [1.807, 2.05) is 0 Å². The van der Waals surface area contributed by atoms with Crippen LogP contribution < -0.4 is 9.04 Å². The van der Waals surface area contributed by atoms with E-state index < -0.39 is 32.8 Å². The molecule has 0 fully saturated rings. The molecular formula is C18H17ClN2O7S. The fourth-order valence-electron chi connectivity index (χ4n) is 2.93. The van der Waals surface area contributed by atoms with E-state index >= 15 is 0 Å². The lowest BCUT2D eigenvalue weighted by Gasteiger charge is -2.34.